The predicted molar refractivity (Wildman–Crippen MR) is 87.5 cm³/mol. The lowest BCUT2D eigenvalue weighted by Gasteiger charge is -2.08. The Bertz CT molecular complexity index is 546. The zero-order valence-corrected chi connectivity index (χ0v) is 13.8. The van der Waals surface area contributed by atoms with E-state index in [1.807, 2.05) is 13.8 Å². The molecule has 24 heavy (non-hydrogen) atoms. The Balaban J connectivity index is 2.52. The van der Waals surface area contributed by atoms with Gasteiger partial charge in [0.15, 0.2) is 0 Å². The van der Waals surface area contributed by atoms with Gasteiger partial charge in [0.1, 0.15) is 0 Å². The van der Waals surface area contributed by atoms with E-state index < -0.39 is 11.8 Å². The molecule has 8 heteroatoms. The Morgan fingerprint density at radius 3 is 1.29 bits per heavy atom. The van der Waals surface area contributed by atoms with Crippen LogP contribution in [0.25, 0.3) is 0 Å². The molecular formula is C16H22N4O4. The summed E-state index contributed by atoms with van der Waals surface area (Å²) in [7, 11) is 0. The summed E-state index contributed by atoms with van der Waals surface area (Å²) in [6.07, 6.45) is 2.01. The normalized spacial score (nSPS) is 9.75. The Labute approximate surface area is 140 Å². The molecule has 1 aromatic rings. The van der Waals surface area contributed by atoms with E-state index in [2.05, 4.69) is 21.7 Å². The maximum Gasteiger partial charge on any atom is 0.269 e. The number of rotatable bonds is 6. The van der Waals surface area contributed by atoms with Crippen molar-refractivity contribution < 1.29 is 19.2 Å². The summed E-state index contributed by atoms with van der Waals surface area (Å²) in [5.74, 6) is -1.51. The van der Waals surface area contributed by atoms with Crippen molar-refractivity contribution in [3.05, 3.63) is 35.4 Å². The van der Waals surface area contributed by atoms with Crippen LogP contribution in [0.5, 0.6) is 0 Å². The summed E-state index contributed by atoms with van der Waals surface area (Å²) >= 11 is 0. The average molecular weight is 334 g/mol. The molecule has 1 rings (SSSR count). The zero-order chi connectivity index (χ0) is 17.9. The lowest BCUT2D eigenvalue weighted by Crippen LogP contribution is -2.42. The third kappa shape index (κ3) is 6.47. The molecule has 0 radical (unpaired) electrons. The molecule has 0 saturated heterocycles. The summed E-state index contributed by atoms with van der Waals surface area (Å²) in [5.41, 5.74) is 9.76. The fraction of sp³-hybridized carbons (Fsp3) is 0.375. The molecule has 0 spiro atoms. The van der Waals surface area contributed by atoms with Crippen molar-refractivity contribution in [3.8, 4) is 0 Å². The van der Waals surface area contributed by atoms with E-state index in [4.69, 9.17) is 0 Å². The van der Waals surface area contributed by atoms with Crippen LogP contribution in [-0.2, 0) is 9.59 Å². The largest absolute Gasteiger partial charge is 0.273 e. The molecule has 0 aliphatic rings. The van der Waals surface area contributed by atoms with E-state index in [0.29, 0.717) is 36.8 Å². The highest BCUT2D eigenvalue weighted by atomic mass is 16.2. The molecule has 4 amide bonds. The Morgan fingerprint density at radius 1 is 0.667 bits per heavy atom. The number of carbonyl (C=O) groups excluding carboxylic acids is 4. The minimum Gasteiger partial charge on any atom is -0.273 e. The van der Waals surface area contributed by atoms with Crippen LogP contribution in [0.15, 0.2) is 24.3 Å². The van der Waals surface area contributed by atoms with Crippen LogP contribution in [0.4, 0.5) is 0 Å². The highest BCUT2D eigenvalue weighted by Gasteiger charge is 2.10. The number of nitrogens with one attached hydrogen (secondary N) is 4. The first-order valence-corrected chi connectivity index (χ1v) is 7.76. The summed E-state index contributed by atoms with van der Waals surface area (Å²) in [6, 6.07) is 5.79. The summed E-state index contributed by atoms with van der Waals surface area (Å²) in [4.78, 5) is 46.2. The van der Waals surface area contributed by atoms with Gasteiger partial charge in [-0.2, -0.15) is 0 Å². The fourth-order valence-electron chi connectivity index (χ4n) is 1.75. The number of hydrogen-bond donors (Lipinski definition) is 4. The average Bonchev–Trinajstić information content (AvgIpc) is 2.58. The van der Waals surface area contributed by atoms with E-state index in [-0.39, 0.29) is 11.8 Å². The van der Waals surface area contributed by atoms with Gasteiger partial charge in [0.25, 0.3) is 11.8 Å². The lowest BCUT2D eigenvalue weighted by molar-refractivity contribution is -0.122. The van der Waals surface area contributed by atoms with Gasteiger partial charge in [0.2, 0.25) is 11.8 Å². The molecular weight excluding hydrogens is 312 g/mol. The molecule has 8 nitrogen and oxygen atoms in total. The number of carbonyl (C=O) groups is 4. The number of hydrazine groups is 2. The highest BCUT2D eigenvalue weighted by molar-refractivity contribution is 5.98. The molecule has 4 N–H and O–H groups in total. The maximum atomic E-state index is 11.8. The fourth-order valence-corrected chi connectivity index (χ4v) is 1.75. The third-order valence-corrected chi connectivity index (χ3v) is 2.99. The van der Waals surface area contributed by atoms with Gasteiger partial charge in [-0.1, -0.05) is 13.8 Å². The predicted octanol–water partition coefficient (Wildman–Crippen LogP) is 0.809. The van der Waals surface area contributed by atoms with E-state index >= 15 is 0 Å². The van der Waals surface area contributed by atoms with E-state index in [9.17, 15) is 19.2 Å². The van der Waals surface area contributed by atoms with Crippen molar-refractivity contribution >= 4 is 23.6 Å². The van der Waals surface area contributed by atoms with Crippen LogP contribution >= 0.6 is 0 Å². The molecule has 130 valence electrons. The van der Waals surface area contributed by atoms with Crippen LogP contribution < -0.4 is 21.7 Å². The first kappa shape index (κ1) is 19.1. The second-order valence-corrected chi connectivity index (χ2v) is 5.08. The van der Waals surface area contributed by atoms with E-state index in [0.717, 1.165) is 0 Å². The molecule has 0 aliphatic heterocycles. The summed E-state index contributed by atoms with van der Waals surface area (Å²) in [6.45, 7) is 3.71. The Morgan fingerprint density at radius 2 is 1.00 bits per heavy atom. The standard InChI is InChI=1S/C16H22N4O4/c1-3-5-13(21)17-19-15(23)11-7-9-12(10-8-11)16(24)20-18-14(22)6-4-2/h7-10H,3-6H2,1-2H3,(H,17,21)(H,18,22)(H,19,23)(H,20,24). The van der Waals surface area contributed by atoms with Crippen LogP contribution in [0.1, 0.15) is 60.2 Å². The Hall–Kier alpha value is -2.90. The minimum atomic E-state index is -0.484. The van der Waals surface area contributed by atoms with Crippen molar-refractivity contribution in [2.24, 2.45) is 0 Å². The van der Waals surface area contributed by atoms with Crippen molar-refractivity contribution in [2.75, 3.05) is 0 Å². The molecule has 0 unspecified atom stereocenters. The number of amides is 4. The van der Waals surface area contributed by atoms with Crippen molar-refractivity contribution in [1.82, 2.24) is 21.7 Å². The SMILES string of the molecule is CCCC(=O)NNC(=O)c1ccc(C(=O)NNC(=O)CCC)cc1. The minimum absolute atomic E-state index is 0.273. The first-order chi connectivity index (χ1) is 11.5. The third-order valence-electron chi connectivity index (χ3n) is 2.99. The van der Waals surface area contributed by atoms with Gasteiger partial charge in [-0.15, -0.1) is 0 Å². The monoisotopic (exact) mass is 334 g/mol. The van der Waals surface area contributed by atoms with Crippen molar-refractivity contribution in [3.63, 3.8) is 0 Å². The van der Waals surface area contributed by atoms with Gasteiger partial charge in [0, 0.05) is 24.0 Å². The maximum absolute atomic E-state index is 11.8. The second kappa shape index (κ2) is 9.98. The lowest BCUT2D eigenvalue weighted by atomic mass is 10.1. The van der Waals surface area contributed by atoms with Gasteiger partial charge in [0.05, 0.1) is 0 Å². The first-order valence-electron chi connectivity index (χ1n) is 7.76. The molecule has 0 heterocycles. The van der Waals surface area contributed by atoms with Gasteiger partial charge in [-0.05, 0) is 37.1 Å². The summed E-state index contributed by atoms with van der Waals surface area (Å²) in [5, 5.41) is 0. The topological polar surface area (TPSA) is 116 Å². The Kier molecular flexibility index (Phi) is 7.97. The van der Waals surface area contributed by atoms with Crippen molar-refractivity contribution in [1.29, 1.82) is 0 Å². The van der Waals surface area contributed by atoms with Crippen LogP contribution in [-0.4, -0.2) is 23.6 Å². The van der Waals surface area contributed by atoms with E-state index in [1.165, 1.54) is 24.3 Å². The molecule has 0 saturated carbocycles. The van der Waals surface area contributed by atoms with Gasteiger partial charge >= 0.3 is 0 Å². The van der Waals surface area contributed by atoms with Gasteiger partial charge in [-0.3, -0.25) is 40.9 Å². The number of hydrogen-bond acceptors (Lipinski definition) is 4. The highest BCUT2D eigenvalue weighted by Crippen LogP contribution is 2.04. The second-order valence-electron chi connectivity index (χ2n) is 5.08. The molecule has 1 aromatic carbocycles. The zero-order valence-electron chi connectivity index (χ0n) is 13.8. The van der Waals surface area contributed by atoms with Gasteiger partial charge in [-0.25, -0.2) is 0 Å². The van der Waals surface area contributed by atoms with Crippen LogP contribution in [0.3, 0.4) is 0 Å². The molecule has 0 aromatic heterocycles. The quantitative estimate of drug-likeness (QED) is 0.576. The molecule has 0 bridgehead atoms. The molecule has 0 atom stereocenters. The smallest absolute Gasteiger partial charge is 0.269 e. The molecule has 0 fully saturated rings. The van der Waals surface area contributed by atoms with E-state index in [1.54, 1.807) is 0 Å². The summed E-state index contributed by atoms with van der Waals surface area (Å²) < 4.78 is 0. The van der Waals surface area contributed by atoms with Crippen LogP contribution in [0.2, 0.25) is 0 Å². The van der Waals surface area contributed by atoms with Crippen molar-refractivity contribution in [2.45, 2.75) is 39.5 Å². The van der Waals surface area contributed by atoms with Crippen LogP contribution in [0, 0.1) is 0 Å². The molecule has 0 aliphatic carbocycles. The van der Waals surface area contributed by atoms with Gasteiger partial charge < -0.3 is 0 Å². The number of benzene rings is 1.